The highest BCUT2D eigenvalue weighted by Gasteiger charge is 2.32. The van der Waals surface area contributed by atoms with Gasteiger partial charge in [0.15, 0.2) is 0 Å². The summed E-state index contributed by atoms with van der Waals surface area (Å²) in [7, 11) is 1.48. The van der Waals surface area contributed by atoms with Crippen LogP contribution >= 0.6 is 0 Å². The molecule has 1 fully saturated rings. The molecule has 1 aromatic heterocycles. The van der Waals surface area contributed by atoms with Gasteiger partial charge in [0, 0.05) is 32.4 Å². The van der Waals surface area contributed by atoms with E-state index in [1.165, 1.54) is 12.7 Å². The molecular formula is C27H44FN5O5. The molecule has 1 aromatic rings. The van der Waals surface area contributed by atoms with Crippen LogP contribution in [0.2, 0.25) is 0 Å². The van der Waals surface area contributed by atoms with E-state index in [-0.39, 0.29) is 18.5 Å². The first-order valence-electron chi connectivity index (χ1n) is 13.8. The molecule has 0 bridgehead atoms. The number of nitrogens with zero attached hydrogens (tertiary/aromatic N) is 3. The molecule has 3 rings (SSSR count). The van der Waals surface area contributed by atoms with Gasteiger partial charge in [0.25, 0.3) is 0 Å². The monoisotopic (exact) mass is 537 g/mol. The highest BCUT2D eigenvalue weighted by Crippen LogP contribution is 2.20. The lowest BCUT2D eigenvalue weighted by atomic mass is 10.1. The molecule has 0 spiro atoms. The minimum absolute atomic E-state index is 0.142. The standard InChI is InChI=1S/C27H44FN5O5/c1-19-17-38-18-20(2)33(19)27(36)31-24(26(34)35)11-14-32(16-23(15-28)37-3)13-5-4-8-22-10-9-21-7-6-12-29-25(21)30-22/h9-10,19-20,23-24H,4-8,11-18H2,1-3H3,(H,29,30)(H,31,36)(H,34,35)/t19-,20-,23-,24+/m1/s1. The number of urea groups is 1. The number of aromatic nitrogens is 1. The third kappa shape index (κ3) is 8.78. The minimum Gasteiger partial charge on any atom is -0.480 e. The van der Waals surface area contributed by atoms with E-state index in [1.807, 2.05) is 18.7 Å². The molecule has 38 heavy (non-hydrogen) atoms. The lowest BCUT2D eigenvalue weighted by molar-refractivity contribution is -0.139. The van der Waals surface area contributed by atoms with Gasteiger partial charge in [-0.05, 0) is 70.5 Å². The number of methoxy groups -OCH3 is 1. The fourth-order valence-electron chi connectivity index (χ4n) is 5.12. The van der Waals surface area contributed by atoms with Gasteiger partial charge in [-0.1, -0.05) is 6.07 Å². The van der Waals surface area contributed by atoms with Gasteiger partial charge in [-0.2, -0.15) is 0 Å². The van der Waals surface area contributed by atoms with Crippen molar-refractivity contribution in [3.63, 3.8) is 0 Å². The summed E-state index contributed by atoms with van der Waals surface area (Å²) in [6, 6.07) is 2.50. The number of alkyl halides is 1. The van der Waals surface area contributed by atoms with Crippen molar-refractivity contribution in [1.29, 1.82) is 0 Å². The number of rotatable bonds is 14. The Labute approximate surface area is 225 Å². The number of carbonyl (C=O) groups is 2. The average Bonchev–Trinajstić information content (AvgIpc) is 2.91. The number of morpholine rings is 1. The molecule has 3 heterocycles. The highest BCUT2D eigenvalue weighted by molar-refractivity contribution is 5.83. The molecule has 2 amide bonds. The SMILES string of the molecule is CO[C@H](CF)CN(CCCCc1ccc2c(n1)NCCC2)CC[C@H](NC(=O)N1[C@H](C)COC[C@H]1C)C(=O)O. The van der Waals surface area contributed by atoms with Crippen LogP contribution in [0.3, 0.4) is 0 Å². The van der Waals surface area contributed by atoms with Crippen molar-refractivity contribution >= 4 is 17.8 Å². The van der Waals surface area contributed by atoms with Crippen molar-refractivity contribution in [2.45, 2.75) is 76.6 Å². The molecule has 0 saturated carbocycles. The zero-order valence-electron chi connectivity index (χ0n) is 23.0. The maximum Gasteiger partial charge on any atom is 0.326 e. The smallest absolute Gasteiger partial charge is 0.326 e. The number of hydrogen-bond donors (Lipinski definition) is 3. The number of fused-ring (bicyclic) bond motifs is 1. The second-order valence-corrected chi connectivity index (χ2v) is 10.4. The zero-order valence-corrected chi connectivity index (χ0v) is 23.0. The van der Waals surface area contributed by atoms with Gasteiger partial charge in [-0.25, -0.2) is 19.0 Å². The number of amides is 2. The molecule has 2 aliphatic rings. The van der Waals surface area contributed by atoms with Crippen LogP contribution in [0.4, 0.5) is 15.0 Å². The summed E-state index contributed by atoms with van der Waals surface area (Å²) >= 11 is 0. The second-order valence-electron chi connectivity index (χ2n) is 10.4. The molecule has 0 unspecified atom stereocenters. The molecule has 1 saturated heterocycles. The lowest BCUT2D eigenvalue weighted by Crippen LogP contribution is -2.58. The first-order chi connectivity index (χ1) is 18.3. The Kier molecular flexibility index (Phi) is 12.0. The van der Waals surface area contributed by atoms with Gasteiger partial charge in [-0.15, -0.1) is 0 Å². The lowest BCUT2D eigenvalue weighted by Gasteiger charge is -2.39. The second kappa shape index (κ2) is 15.2. The fraction of sp³-hybridized carbons (Fsp3) is 0.741. The van der Waals surface area contributed by atoms with Crippen LogP contribution < -0.4 is 10.6 Å². The number of aryl methyl sites for hydroxylation is 2. The number of anilines is 1. The number of unbranched alkanes of at least 4 members (excludes halogenated alkanes) is 1. The van der Waals surface area contributed by atoms with Crippen LogP contribution in [0.5, 0.6) is 0 Å². The Bertz CT molecular complexity index is 893. The van der Waals surface area contributed by atoms with Gasteiger partial charge in [0.1, 0.15) is 18.5 Å². The van der Waals surface area contributed by atoms with Gasteiger partial charge < -0.3 is 35.0 Å². The molecule has 10 nitrogen and oxygen atoms in total. The van der Waals surface area contributed by atoms with E-state index < -0.39 is 30.8 Å². The van der Waals surface area contributed by atoms with Crippen LogP contribution in [0.15, 0.2) is 12.1 Å². The number of carboxylic acids is 1. The molecule has 0 aliphatic carbocycles. The van der Waals surface area contributed by atoms with Crippen molar-refractivity contribution < 1.29 is 28.6 Å². The molecule has 11 heteroatoms. The number of ether oxygens (including phenoxy) is 2. The third-order valence-corrected chi connectivity index (χ3v) is 7.31. The number of hydrogen-bond acceptors (Lipinski definition) is 7. The maximum atomic E-state index is 13.4. The zero-order chi connectivity index (χ0) is 27.5. The first-order valence-corrected chi connectivity index (χ1v) is 13.8. The average molecular weight is 538 g/mol. The van der Waals surface area contributed by atoms with Crippen LogP contribution in [-0.4, -0.2) is 109 Å². The largest absolute Gasteiger partial charge is 0.480 e. The predicted molar refractivity (Wildman–Crippen MR) is 143 cm³/mol. The van der Waals surface area contributed by atoms with Crippen LogP contribution in [0.1, 0.15) is 50.8 Å². The Morgan fingerprint density at radius 2 is 2.05 bits per heavy atom. The summed E-state index contributed by atoms with van der Waals surface area (Å²) in [5.74, 6) is -0.100. The van der Waals surface area contributed by atoms with Crippen molar-refractivity contribution in [2.24, 2.45) is 0 Å². The van der Waals surface area contributed by atoms with Crippen LogP contribution in [-0.2, 0) is 27.1 Å². The number of halogens is 1. The van der Waals surface area contributed by atoms with Crippen LogP contribution in [0, 0.1) is 0 Å². The Morgan fingerprint density at radius 3 is 2.74 bits per heavy atom. The summed E-state index contributed by atoms with van der Waals surface area (Å²) in [6.07, 6.45) is 4.39. The molecule has 214 valence electrons. The van der Waals surface area contributed by atoms with Gasteiger partial charge in [0.05, 0.1) is 31.4 Å². The summed E-state index contributed by atoms with van der Waals surface area (Å²) in [6.45, 7) is 6.35. The normalized spacial score (nSPS) is 20.9. The molecule has 2 aliphatic heterocycles. The van der Waals surface area contributed by atoms with Crippen molar-refractivity contribution in [1.82, 2.24) is 20.1 Å². The quantitative estimate of drug-likeness (QED) is 0.310. The van der Waals surface area contributed by atoms with E-state index in [1.54, 1.807) is 4.90 Å². The minimum atomic E-state index is -1.09. The number of nitrogens with one attached hydrogen (secondary N) is 2. The molecule has 0 aromatic carbocycles. The van der Waals surface area contributed by atoms with E-state index in [4.69, 9.17) is 14.5 Å². The Hall–Kier alpha value is -2.50. The van der Waals surface area contributed by atoms with E-state index in [0.29, 0.717) is 32.8 Å². The van der Waals surface area contributed by atoms with Crippen LogP contribution in [0.25, 0.3) is 0 Å². The Balaban J connectivity index is 1.52. The van der Waals surface area contributed by atoms with Crippen molar-refractivity contribution in [3.8, 4) is 0 Å². The number of aliphatic carboxylic acids is 1. The first kappa shape index (κ1) is 30.0. The fourth-order valence-corrected chi connectivity index (χ4v) is 5.12. The van der Waals surface area contributed by atoms with Gasteiger partial charge >= 0.3 is 12.0 Å². The predicted octanol–water partition coefficient (Wildman–Crippen LogP) is 2.71. The van der Waals surface area contributed by atoms with Gasteiger partial charge in [0.2, 0.25) is 0 Å². The van der Waals surface area contributed by atoms with E-state index in [2.05, 4.69) is 22.8 Å². The van der Waals surface area contributed by atoms with E-state index in [9.17, 15) is 19.1 Å². The summed E-state index contributed by atoms with van der Waals surface area (Å²) < 4.78 is 24.1. The highest BCUT2D eigenvalue weighted by atomic mass is 19.1. The van der Waals surface area contributed by atoms with Crippen molar-refractivity contribution in [2.75, 3.05) is 58.5 Å². The molecule has 0 radical (unpaired) electrons. The maximum absolute atomic E-state index is 13.4. The molecule has 4 atom stereocenters. The third-order valence-electron chi connectivity index (χ3n) is 7.31. The topological polar surface area (TPSA) is 116 Å². The summed E-state index contributed by atoms with van der Waals surface area (Å²) in [5.41, 5.74) is 2.31. The molecule has 3 N–H and O–H groups in total. The molecular weight excluding hydrogens is 493 g/mol. The number of carboxylic acid groups (broad SMARTS) is 1. The summed E-state index contributed by atoms with van der Waals surface area (Å²) in [5, 5.41) is 15.8. The number of pyridine rings is 1. The van der Waals surface area contributed by atoms with Crippen molar-refractivity contribution in [3.05, 3.63) is 23.4 Å². The van der Waals surface area contributed by atoms with E-state index in [0.717, 1.165) is 50.2 Å². The van der Waals surface area contributed by atoms with Gasteiger partial charge in [-0.3, -0.25) is 0 Å². The van der Waals surface area contributed by atoms with E-state index >= 15 is 0 Å². The number of carbonyl (C=O) groups excluding carboxylic acids is 1. The Morgan fingerprint density at radius 1 is 1.29 bits per heavy atom. The summed E-state index contributed by atoms with van der Waals surface area (Å²) in [4.78, 5) is 33.3.